The number of aromatic nitrogens is 4. The number of hydrogen-bond donors (Lipinski definition) is 2. The lowest BCUT2D eigenvalue weighted by atomic mass is 10.1. The molecule has 1 atom stereocenters. The van der Waals surface area contributed by atoms with Gasteiger partial charge in [0.05, 0.1) is 11.8 Å². The molecule has 8 nitrogen and oxygen atoms in total. The Labute approximate surface area is 182 Å². The highest BCUT2D eigenvalue weighted by Crippen LogP contribution is 2.22. The van der Waals surface area contributed by atoms with Crippen LogP contribution in [0, 0.1) is 6.92 Å². The van der Waals surface area contributed by atoms with Crippen molar-refractivity contribution in [2.45, 2.75) is 31.6 Å². The van der Waals surface area contributed by atoms with Crippen LogP contribution in [-0.4, -0.2) is 37.3 Å². The molecule has 0 aliphatic heterocycles. The highest BCUT2D eigenvalue weighted by atomic mass is 32.2. The number of nitrogens with zero attached hydrogens (tertiary/aromatic N) is 4. The molecule has 156 valence electrons. The molecule has 2 heterocycles. The van der Waals surface area contributed by atoms with E-state index in [-0.39, 0.29) is 23.6 Å². The Balaban J connectivity index is 1.67. The zero-order chi connectivity index (χ0) is 21.5. The average Bonchev–Trinajstić information content (AvgIpc) is 3.36. The monoisotopic (exact) mass is 442 g/mol. The largest absolute Gasteiger partial charge is 0.342 e. The average molecular weight is 443 g/mol. The highest BCUT2D eigenvalue weighted by Gasteiger charge is 2.20. The third kappa shape index (κ3) is 5.55. The van der Waals surface area contributed by atoms with Crippen molar-refractivity contribution in [2.75, 3.05) is 11.1 Å². The minimum Gasteiger partial charge on any atom is -0.342 e. The molecule has 2 aromatic heterocycles. The zero-order valence-corrected chi connectivity index (χ0v) is 18.3. The highest BCUT2D eigenvalue weighted by molar-refractivity contribution is 7.99. The van der Waals surface area contributed by atoms with Gasteiger partial charge in [-0.15, -0.1) is 28.1 Å². The molecule has 0 bridgehead atoms. The van der Waals surface area contributed by atoms with Crippen LogP contribution in [0.4, 0.5) is 5.13 Å². The predicted molar refractivity (Wildman–Crippen MR) is 119 cm³/mol. The molecule has 0 saturated heterocycles. The summed E-state index contributed by atoms with van der Waals surface area (Å²) in [4.78, 5) is 28.7. The van der Waals surface area contributed by atoms with Gasteiger partial charge in [-0.3, -0.25) is 9.59 Å². The maximum absolute atomic E-state index is 12.6. The van der Waals surface area contributed by atoms with E-state index in [1.54, 1.807) is 23.7 Å². The molecule has 0 saturated carbocycles. The summed E-state index contributed by atoms with van der Waals surface area (Å²) in [6, 6.07) is 7.02. The van der Waals surface area contributed by atoms with Crippen LogP contribution < -0.4 is 10.6 Å². The Morgan fingerprint density at radius 2 is 2.20 bits per heavy atom. The van der Waals surface area contributed by atoms with Gasteiger partial charge in [0.15, 0.2) is 16.1 Å². The van der Waals surface area contributed by atoms with Gasteiger partial charge in [-0.05, 0) is 26.0 Å². The first-order valence-electron chi connectivity index (χ1n) is 9.21. The van der Waals surface area contributed by atoms with E-state index in [0.29, 0.717) is 28.2 Å². The number of benzene rings is 1. The lowest BCUT2D eigenvalue weighted by molar-refractivity contribution is -0.113. The van der Waals surface area contributed by atoms with E-state index in [9.17, 15) is 9.59 Å². The summed E-state index contributed by atoms with van der Waals surface area (Å²) in [6.07, 6.45) is 3.36. The van der Waals surface area contributed by atoms with E-state index < -0.39 is 0 Å². The van der Waals surface area contributed by atoms with Crippen molar-refractivity contribution in [1.29, 1.82) is 0 Å². The summed E-state index contributed by atoms with van der Waals surface area (Å²) >= 11 is 2.62. The maximum atomic E-state index is 12.6. The van der Waals surface area contributed by atoms with Crippen LogP contribution in [-0.2, 0) is 11.3 Å². The van der Waals surface area contributed by atoms with Gasteiger partial charge < -0.3 is 15.2 Å². The molecular formula is C20H22N6O2S2. The fraction of sp³-hybridized carbons (Fsp3) is 0.250. The van der Waals surface area contributed by atoms with Crippen molar-refractivity contribution in [3.8, 4) is 0 Å². The fourth-order valence-electron chi connectivity index (χ4n) is 2.73. The smallest absolute Gasteiger partial charge is 0.251 e. The van der Waals surface area contributed by atoms with Gasteiger partial charge in [0.2, 0.25) is 5.91 Å². The summed E-state index contributed by atoms with van der Waals surface area (Å²) in [5.74, 6) is 0.402. The second-order valence-corrected chi connectivity index (χ2v) is 8.32. The Kier molecular flexibility index (Phi) is 7.36. The number of nitrogens with one attached hydrogen (secondary N) is 2. The van der Waals surface area contributed by atoms with E-state index in [4.69, 9.17) is 0 Å². The van der Waals surface area contributed by atoms with Gasteiger partial charge in [-0.25, -0.2) is 4.98 Å². The predicted octanol–water partition coefficient (Wildman–Crippen LogP) is 3.45. The molecule has 30 heavy (non-hydrogen) atoms. The summed E-state index contributed by atoms with van der Waals surface area (Å²) in [7, 11) is 0. The fourth-order valence-corrected chi connectivity index (χ4v) is 4.03. The van der Waals surface area contributed by atoms with E-state index in [1.807, 2.05) is 36.6 Å². The van der Waals surface area contributed by atoms with Gasteiger partial charge >= 0.3 is 0 Å². The SMILES string of the molecule is C=CCn1c(SCC(=O)Nc2nccs2)nnc1[C@@H](C)NC(=O)c1cccc(C)c1. The van der Waals surface area contributed by atoms with Crippen molar-refractivity contribution in [2.24, 2.45) is 0 Å². The molecular weight excluding hydrogens is 420 g/mol. The van der Waals surface area contributed by atoms with E-state index in [0.717, 1.165) is 5.56 Å². The number of hydrogen-bond acceptors (Lipinski definition) is 7. The number of rotatable bonds is 9. The topological polar surface area (TPSA) is 102 Å². The lowest BCUT2D eigenvalue weighted by Gasteiger charge is -2.15. The Bertz CT molecular complexity index is 1030. The third-order valence-corrected chi connectivity index (χ3v) is 5.74. The Morgan fingerprint density at radius 3 is 2.90 bits per heavy atom. The van der Waals surface area contributed by atoms with Crippen molar-refractivity contribution < 1.29 is 9.59 Å². The van der Waals surface area contributed by atoms with Crippen molar-refractivity contribution in [1.82, 2.24) is 25.1 Å². The van der Waals surface area contributed by atoms with E-state index >= 15 is 0 Å². The number of carbonyl (C=O) groups is 2. The van der Waals surface area contributed by atoms with Crippen LogP contribution in [0.25, 0.3) is 0 Å². The molecule has 0 aliphatic carbocycles. The molecule has 1 aromatic carbocycles. The van der Waals surface area contributed by atoms with Crippen LogP contribution in [0.2, 0.25) is 0 Å². The molecule has 2 amide bonds. The summed E-state index contributed by atoms with van der Waals surface area (Å²) in [5, 5.41) is 17.1. The lowest BCUT2D eigenvalue weighted by Crippen LogP contribution is -2.28. The molecule has 3 aromatic rings. The minimum atomic E-state index is -0.371. The second-order valence-electron chi connectivity index (χ2n) is 6.48. The third-order valence-electron chi connectivity index (χ3n) is 4.08. The van der Waals surface area contributed by atoms with Crippen LogP contribution in [0.3, 0.4) is 0 Å². The van der Waals surface area contributed by atoms with Gasteiger partial charge in [-0.1, -0.05) is 35.5 Å². The van der Waals surface area contributed by atoms with Crippen LogP contribution in [0.5, 0.6) is 0 Å². The first kappa shape index (κ1) is 21.7. The van der Waals surface area contributed by atoms with Gasteiger partial charge in [0, 0.05) is 23.7 Å². The van der Waals surface area contributed by atoms with E-state index in [1.165, 1.54) is 23.1 Å². The molecule has 0 aliphatic rings. The van der Waals surface area contributed by atoms with Crippen molar-refractivity contribution >= 4 is 40.0 Å². The molecule has 0 radical (unpaired) electrons. The number of allylic oxidation sites excluding steroid dienone is 1. The standard InChI is InChI=1S/C20H22N6O2S2/c1-4-9-26-17(14(3)22-18(28)15-7-5-6-13(2)11-15)24-25-20(26)30-12-16(27)23-19-21-8-10-29-19/h4-8,10-11,14H,1,9,12H2,2-3H3,(H,22,28)(H,21,23,27)/t14-/m1/s1. The molecule has 10 heteroatoms. The quantitative estimate of drug-likeness (QED) is 0.389. The van der Waals surface area contributed by atoms with Gasteiger partial charge in [0.1, 0.15) is 0 Å². The summed E-state index contributed by atoms with van der Waals surface area (Å²) in [5.41, 5.74) is 1.60. The number of aryl methyl sites for hydroxylation is 1. The molecule has 0 fully saturated rings. The molecule has 3 rings (SSSR count). The van der Waals surface area contributed by atoms with Crippen LogP contribution in [0.15, 0.2) is 53.7 Å². The normalized spacial score (nSPS) is 11.7. The van der Waals surface area contributed by atoms with Crippen LogP contribution in [0.1, 0.15) is 34.7 Å². The van der Waals surface area contributed by atoms with Crippen LogP contribution >= 0.6 is 23.1 Å². The molecule has 0 spiro atoms. The number of thiazole rings is 1. The van der Waals surface area contributed by atoms with Crippen molar-refractivity contribution in [3.63, 3.8) is 0 Å². The zero-order valence-electron chi connectivity index (χ0n) is 16.7. The minimum absolute atomic E-state index is 0.166. The van der Waals surface area contributed by atoms with Crippen molar-refractivity contribution in [3.05, 3.63) is 65.4 Å². The number of carbonyl (C=O) groups excluding carboxylic acids is 2. The Hall–Kier alpha value is -2.98. The first-order valence-corrected chi connectivity index (χ1v) is 11.1. The van der Waals surface area contributed by atoms with Gasteiger partial charge in [0.25, 0.3) is 5.91 Å². The summed E-state index contributed by atoms with van der Waals surface area (Å²) in [6.45, 7) is 8.03. The van der Waals surface area contributed by atoms with E-state index in [2.05, 4.69) is 32.4 Å². The van der Waals surface area contributed by atoms with Gasteiger partial charge in [-0.2, -0.15) is 0 Å². The number of thioether (sulfide) groups is 1. The first-order chi connectivity index (χ1) is 14.5. The Morgan fingerprint density at radius 1 is 1.37 bits per heavy atom. The number of anilines is 1. The maximum Gasteiger partial charge on any atom is 0.251 e. The molecule has 0 unspecified atom stereocenters. The molecule has 2 N–H and O–H groups in total. The summed E-state index contributed by atoms with van der Waals surface area (Å²) < 4.78 is 1.84. The number of amides is 2. The second kappa shape index (κ2) is 10.2.